The quantitative estimate of drug-likeness (QED) is 0.683. The summed E-state index contributed by atoms with van der Waals surface area (Å²) >= 11 is 4.07. The molecule has 3 nitrogen and oxygen atoms in total. The van der Waals surface area contributed by atoms with Crippen molar-refractivity contribution >= 4 is 18.4 Å². The number of carbonyl (C=O) groups excluding carboxylic acids is 1. The molecule has 20 heavy (non-hydrogen) atoms. The second-order valence-corrected chi connectivity index (χ2v) is 4.51. The highest BCUT2D eigenvalue weighted by atomic mass is 32.1. The number of aromatic nitrogens is 2. The molecule has 0 saturated carbocycles. The van der Waals surface area contributed by atoms with Crippen molar-refractivity contribution < 1.29 is 18.0 Å². The van der Waals surface area contributed by atoms with Crippen molar-refractivity contribution in [3.05, 3.63) is 53.1 Å². The van der Waals surface area contributed by atoms with Crippen molar-refractivity contribution in [2.75, 3.05) is 0 Å². The van der Waals surface area contributed by atoms with Crippen molar-refractivity contribution in [3.63, 3.8) is 0 Å². The molecule has 0 saturated heterocycles. The molecule has 2 rings (SSSR count). The second kappa shape index (κ2) is 5.24. The van der Waals surface area contributed by atoms with Crippen LogP contribution in [-0.2, 0) is 6.18 Å². The molecule has 0 aliphatic heterocycles. The van der Waals surface area contributed by atoms with Crippen LogP contribution >= 0.6 is 12.6 Å². The molecule has 0 spiro atoms. The number of hydrogen-bond donors (Lipinski definition) is 1. The van der Waals surface area contributed by atoms with E-state index in [1.54, 1.807) is 12.1 Å². The Hall–Kier alpha value is -1.89. The number of benzene rings is 1. The molecular formula is C13H9F3N2OS. The van der Waals surface area contributed by atoms with E-state index >= 15 is 0 Å². The lowest BCUT2D eigenvalue weighted by atomic mass is 10.0. The lowest BCUT2D eigenvalue weighted by molar-refractivity contribution is -0.141. The topological polar surface area (TPSA) is 42.9 Å². The maximum absolute atomic E-state index is 12.9. The smallest absolute Gasteiger partial charge is 0.288 e. The number of alkyl halides is 3. The third-order valence-corrected chi connectivity index (χ3v) is 2.96. The van der Waals surface area contributed by atoms with Crippen LogP contribution < -0.4 is 0 Å². The summed E-state index contributed by atoms with van der Waals surface area (Å²) in [5.41, 5.74) is -1.73. The molecule has 0 unspecified atom stereocenters. The van der Waals surface area contributed by atoms with Gasteiger partial charge in [-0.1, -0.05) is 12.1 Å². The summed E-state index contributed by atoms with van der Waals surface area (Å²) < 4.78 is 38.8. The number of aryl methyl sites for hydroxylation is 1. The maximum Gasteiger partial charge on any atom is 0.434 e. The van der Waals surface area contributed by atoms with Crippen LogP contribution in [0.3, 0.4) is 0 Å². The molecule has 0 aliphatic rings. The molecule has 0 amide bonds. The first-order valence-electron chi connectivity index (χ1n) is 5.54. The van der Waals surface area contributed by atoms with Gasteiger partial charge in [0.2, 0.25) is 0 Å². The fourth-order valence-electron chi connectivity index (χ4n) is 1.66. The normalized spacial score (nSPS) is 11.4. The van der Waals surface area contributed by atoms with Gasteiger partial charge in [-0.05, 0) is 19.1 Å². The molecule has 104 valence electrons. The summed E-state index contributed by atoms with van der Waals surface area (Å²) in [6.45, 7) is 1.33. The Morgan fingerprint density at radius 2 is 1.85 bits per heavy atom. The summed E-state index contributed by atoms with van der Waals surface area (Å²) in [6, 6.07) is 6.12. The first kappa shape index (κ1) is 14.5. The van der Waals surface area contributed by atoms with Crippen LogP contribution in [0.5, 0.6) is 0 Å². The Morgan fingerprint density at radius 1 is 1.20 bits per heavy atom. The zero-order valence-electron chi connectivity index (χ0n) is 10.3. The fourth-order valence-corrected chi connectivity index (χ4v) is 1.93. The molecule has 0 radical (unpaired) electrons. The molecular weight excluding hydrogens is 289 g/mol. The molecule has 0 aliphatic carbocycles. The highest BCUT2D eigenvalue weighted by Gasteiger charge is 2.38. The van der Waals surface area contributed by atoms with E-state index in [9.17, 15) is 18.0 Å². The van der Waals surface area contributed by atoms with Gasteiger partial charge in [0, 0.05) is 16.7 Å². The molecule has 1 aromatic heterocycles. The summed E-state index contributed by atoms with van der Waals surface area (Å²) in [6.07, 6.45) is -3.82. The predicted molar refractivity (Wildman–Crippen MR) is 68.9 cm³/mol. The monoisotopic (exact) mass is 298 g/mol. The van der Waals surface area contributed by atoms with Crippen LogP contribution in [0, 0.1) is 6.92 Å². The van der Waals surface area contributed by atoms with Gasteiger partial charge in [-0.25, -0.2) is 9.97 Å². The Kier molecular flexibility index (Phi) is 3.80. The van der Waals surface area contributed by atoms with E-state index in [4.69, 9.17) is 0 Å². The Morgan fingerprint density at radius 3 is 2.45 bits per heavy atom. The van der Waals surface area contributed by atoms with Gasteiger partial charge in [0.05, 0.1) is 5.56 Å². The molecule has 1 heterocycles. The molecule has 2 aromatic rings. The largest absolute Gasteiger partial charge is 0.434 e. The van der Waals surface area contributed by atoms with Gasteiger partial charge in [0.25, 0.3) is 0 Å². The van der Waals surface area contributed by atoms with Gasteiger partial charge in [0.15, 0.2) is 11.5 Å². The highest BCUT2D eigenvalue weighted by molar-refractivity contribution is 7.80. The third-order valence-electron chi connectivity index (χ3n) is 2.57. The van der Waals surface area contributed by atoms with Gasteiger partial charge < -0.3 is 0 Å². The average molecular weight is 298 g/mol. The molecule has 0 N–H and O–H groups in total. The zero-order chi connectivity index (χ0) is 14.9. The standard InChI is InChI=1S/C13H9F3N2OS/c1-7-17-6-9(12(18-7)13(14,15)16)11(19)8-4-2-3-5-10(8)20/h2-6,20H,1H3. The van der Waals surface area contributed by atoms with E-state index in [1.165, 1.54) is 19.1 Å². The second-order valence-electron chi connectivity index (χ2n) is 4.02. The minimum Gasteiger partial charge on any atom is -0.288 e. The first-order chi connectivity index (χ1) is 9.30. The summed E-state index contributed by atoms with van der Waals surface area (Å²) in [5, 5.41) is 0. The van der Waals surface area contributed by atoms with Crippen molar-refractivity contribution in [2.24, 2.45) is 0 Å². The van der Waals surface area contributed by atoms with Gasteiger partial charge in [-0.15, -0.1) is 12.6 Å². The van der Waals surface area contributed by atoms with E-state index < -0.39 is 23.2 Å². The summed E-state index contributed by atoms with van der Waals surface area (Å²) in [5.74, 6) is -0.851. The molecule has 7 heteroatoms. The number of thiol groups is 1. The molecule has 0 atom stereocenters. The van der Waals surface area contributed by atoms with Crippen LogP contribution in [0.25, 0.3) is 0 Å². The molecule has 0 fully saturated rings. The maximum atomic E-state index is 12.9. The number of carbonyl (C=O) groups is 1. The minimum absolute atomic E-state index is 0.0481. The molecule has 0 bridgehead atoms. The van der Waals surface area contributed by atoms with Crippen LogP contribution in [0.15, 0.2) is 35.4 Å². The Balaban J connectivity index is 2.59. The number of rotatable bonds is 2. The number of nitrogens with zero attached hydrogens (tertiary/aromatic N) is 2. The Labute approximate surface area is 118 Å². The van der Waals surface area contributed by atoms with Crippen molar-refractivity contribution in [2.45, 2.75) is 18.0 Å². The van der Waals surface area contributed by atoms with E-state index in [2.05, 4.69) is 22.6 Å². The third kappa shape index (κ3) is 2.82. The SMILES string of the molecule is Cc1ncc(C(=O)c2ccccc2S)c(C(F)(F)F)n1. The summed E-state index contributed by atoms with van der Waals surface area (Å²) in [7, 11) is 0. The van der Waals surface area contributed by atoms with Crippen molar-refractivity contribution in [1.29, 1.82) is 0 Å². The number of hydrogen-bond acceptors (Lipinski definition) is 4. The molecule has 1 aromatic carbocycles. The minimum atomic E-state index is -4.72. The fraction of sp³-hybridized carbons (Fsp3) is 0.154. The predicted octanol–water partition coefficient (Wildman–Crippen LogP) is 3.32. The van der Waals surface area contributed by atoms with Crippen LogP contribution in [0.1, 0.15) is 27.4 Å². The van der Waals surface area contributed by atoms with Crippen LogP contribution in [0.2, 0.25) is 0 Å². The van der Waals surface area contributed by atoms with E-state index in [1.807, 2.05) is 0 Å². The lowest BCUT2D eigenvalue weighted by Gasteiger charge is -2.12. The number of halogens is 3. The van der Waals surface area contributed by atoms with Gasteiger partial charge in [0.1, 0.15) is 5.82 Å². The average Bonchev–Trinajstić information content (AvgIpc) is 2.37. The van der Waals surface area contributed by atoms with Gasteiger partial charge in [-0.2, -0.15) is 13.2 Å². The number of ketones is 1. The lowest BCUT2D eigenvalue weighted by Crippen LogP contribution is -2.18. The van der Waals surface area contributed by atoms with Gasteiger partial charge >= 0.3 is 6.18 Å². The Bertz CT molecular complexity index is 671. The van der Waals surface area contributed by atoms with Crippen LogP contribution in [0.4, 0.5) is 13.2 Å². The van der Waals surface area contributed by atoms with Crippen LogP contribution in [-0.4, -0.2) is 15.8 Å². The summed E-state index contributed by atoms with van der Waals surface area (Å²) in [4.78, 5) is 19.5. The van der Waals surface area contributed by atoms with E-state index in [0.29, 0.717) is 4.90 Å². The van der Waals surface area contributed by atoms with E-state index in [0.717, 1.165) is 6.20 Å². The zero-order valence-corrected chi connectivity index (χ0v) is 11.2. The van der Waals surface area contributed by atoms with E-state index in [-0.39, 0.29) is 11.4 Å². The van der Waals surface area contributed by atoms with Crippen molar-refractivity contribution in [3.8, 4) is 0 Å². The van der Waals surface area contributed by atoms with Gasteiger partial charge in [-0.3, -0.25) is 4.79 Å². The first-order valence-corrected chi connectivity index (χ1v) is 5.99. The van der Waals surface area contributed by atoms with Crippen molar-refractivity contribution in [1.82, 2.24) is 9.97 Å². The highest BCUT2D eigenvalue weighted by Crippen LogP contribution is 2.31.